The average molecular weight is 352 g/mol. The van der Waals surface area contributed by atoms with Gasteiger partial charge in [-0.2, -0.15) is 0 Å². The summed E-state index contributed by atoms with van der Waals surface area (Å²) in [5, 5.41) is 21.0. The lowest BCUT2D eigenvalue weighted by Crippen LogP contribution is -2.45. The van der Waals surface area contributed by atoms with E-state index in [2.05, 4.69) is 15.6 Å². The molecule has 2 heterocycles. The van der Waals surface area contributed by atoms with Crippen LogP contribution in [0, 0.1) is 5.92 Å². The number of aliphatic hydroxyl groups is 1. The van der Waals surface area contributed by atoms with E-state index >= 15 is 0 Å². The Balaban J connectivity index is 0.00000243. The van der Waals surface area contributed by atoms with Crippen molar-refractivity contribution in [2.24, 2.45) is 5.92 Å². The molecule has 2 fully saturated rings. The standard InChI is InChI=1S/C18H30N4O3.H2/c1-2-18(24)19-16(11-23)17-9-15(12-25-17)22-10-14(20-21-22)8-13-6-4-3-5-7-13;/h10,13,15-17,23H,2-9,11-12H2,1H3,(H,19,24);1H/t15-,16+,17+;/m1./s1. The summed E-state index contributed by atoms with van der Waals surface area (Å²) in [7, 11) is 0. The van der Waals surface area contributed by atoms with Crippen LogP contribution in [0.1, 0.15) is 65.0 Å². The van der Waals surface area contributed by atoms with Crippen LogP contribution in [-0.2, 0) is 16.0 Å². The molecule has 1 saturated carbocycles. The zero-order valence-corrected chi connectivity index (χ0v) is 15.1. The van der Waals surface area contributed by atoms with Gasteiger partial charge in [0.05, 0.1) is 37.1 Å². The van der Waals surface area contributed by atoms with Crippen molar-refractivity contribution in [3.8, 4) is 0 Å². The van der Waals surface area contributed by atoms with Crippen molar-refractivity contribution in [3.63, 3.8) is 0 Å². The molecular formula is C18H32N4O3. The molecule has 7 nitrogen and oxygen atoms in total. The van der Waals surface area contributed by atoms with Gasteiger partial charge in [0.25, 0.3) is 0 Å². The maximum atomic E-state index is 11.6. The first-order chi connectivity index (χ1) is 12.2. The number of carbonyl (C=O) groups excluding carboxylic acids is 1. The minimum Gasteiger partial charge on any atom is -0.394 e. The van der Waals surface area contributed by atoms with Crippen LogP contribution in [0.15, 0.2) is 6.20 Å². The van der Waals surface area contributed by atoms with Crippen LogP contribution in [0.3, 0.4) is 0 Å². The summed E-state index contributed by atoms with van der Waals surface area (Å²) >= 11 is 0. The van der Waals surface area contributed by atoms with Gasteiger partial charge in [-0.05, 0) is 12.3 Å². The van der Waals surface area contributed by atoms with Crippen LogP contribution in [0.2, 0.25) is 0 Å². The second kappa shape index (κ2) is 8.76. The van der Waals surface area contributed by atoms with Crippen molar-refractivity contribution in [3.05, 3.63) is 11.9 Å². The Morgan fingerprint density at radius 3 is 3.00 bits per heavy atom. The van der Waals surface area contributed by atoms with E-state index in [9.17, 15) is 9.90 Å². The Morgan fingerprint density at radius 2 is 2.28 bits per heavy atom. The molecule has 1 aliphatic heterocycles. The van der Waals surface area contributed by atoms with Crippen LogP contribution < -0.4 is 5.32 Å². The third-order valence-corrected chi connectivity index (χ3v) is 5.47. The largest absolute Gasteiger partial charge is 0.394 e. The van der Waals surface area contributed by atoms with E-state index in [1.54, 1.807) is 6.92 Å². The highest BCUT2D eigenvalue weighted by atomic mass is 16.5. The number of rotatable bonds is 7. The number of hydrogen-bond donors (Lipinski definition) is 2. The fourth-order valence-corrected chi connectivity index (χ4v) is 3.94. The third kappa shape index (κ3) is 4.79. The van der Waals surface area contributed by atoms with Crippen LogP contribution in [0.25, 0.3) is 0 Å². The summed E-state index contributed by atoms with van der Waals surface area (Å²) in [6, 6.07) is -0.243. The Morgan fingerprint density at radius 1 is 1.48 bits per heavy atom. The number of ether oxygens (including phenoxy) is 1. The summed E-state index contributed by atoms with van der Waals surface area (Å²) in [6.45, 7) is 2.22. The quantitative estimate of drug-likeness (QED) is 0.782. The highest BCUT2D eigenvalue weighted by Gasteiger charge is 2.34. The molecule has 142 valence electrons. The molecule has 3 atom stereocenters. The first-order valence-corrected chi connectivity index (χ1v) is 9.62. The van der Waals surface area contributed by atoms with Gasteiger partial charge < -0.3 is 15.2 Å². The molecule has 0 bridgehead atoms. The van der Waals surface area contributed by atoms with Gasteiger partial charge in [0.2, 0.25) is 5.91 Å². The van der Waals surface area contributed by atoms with Gasteiger partial charge in [0.1, 0.15) is 0 Å². The predicted molar refractivity (Wildman–Crippen MR) is 95.1 cm³/mol. The van der Waals surface area contributed by atoms with Gasteiger partial charge >= 0.3 is 0 Å². The molecular weight excluding hydrogens is 320 g/mol. The lowest BCUT2D eigenvalue weighted by Gasteiger charge is -2.21. The van der Waals surface area contributed by atoms with E-state index in [0.717, 1.165) is 24.5 Å². The second-order valence-electron chi connectivity index (χ2n) is 7.37. The topological polar surface area (TPSA) is 89.3 Å². The van der Waals surface area contributed by atoms with Crippen LogP contribution >= 0.6 is 0 Å². The fraction of sp³-hybridized carbons (Fsp3) is 0.833. The SMILES string of the molecule is CCC(=O)N[C@@H](CO)[C@@H]1C[C@@H](n2cc(CC3CCCCC3)nn2)CO1.[HH]. The Kier molecular flexibility index (Phi) is 6.42. The normalized spacial score (nSPS) is 25.8. The zero-order valence-electron chi connectivity index (χ0n) is 15.1. The predicted octanol–water partition coefficient (Wildman–Crippen LogP) is 1.86. The van der Waals surface area contributed by atoms with Crippen molar-refractivity contribution >= 4 is 5.91 Å². The van der Waals surface area contributed by atoms with E-state index in [1.165, 1.54) is 32.1 Å². The monoisotopic (exact) mass is 352 g/mol. The molecule has 0 radical (unpaired) electrons. The minimum absolute atomic E-state index is 0. The molecule has 1 saturated heterocycles. The number of carbonyl (C=O) groups is 1. The summed E-state index contributed by atoms with van der Waals surface area (Å²) in [5.41, 5.74) is 1.06. The molecule has 1 amide bonds. The molecule has 3 rings (SSSR count). The van der Waals surface area contributed by atoms with Crippen molar-refractivity contribution in [2.45, 2.75) is 76.5 Å². The van der Waals surface area contributed by atoms with E-state index in [4.69, 9.17) is 4.74 Å². The molecule has 2 N–H and O–H groups in total. The van der Waals surface area contributed by atoms with E-state index < -0.39 is 0 Å². The molecule has 1 aliphatic carbocycles. The van der Waals surface area contributed by atoms with Crippen molar-refractivity contribution in [1.82, 2.24) is 20.3 Å². The van der Waals surface area contributed by atoms with Gasteiger partial charge in [0, 0.05) is 20.5 Å². The molecule has 0 aromatic carbocycles. The molecule has 1 aromatic heterocycles. The Hall–Kier alpha value is -1.47. The number of nitrogens with zero attached hydrogens (tertiary/aromatic N) is 3. The maximum absolute atomic E-state index is 11.6. The highest BCUT2D eigenvalue weighted by molar-refractivity contribution is 5.75. The van der Waals surface area contributed by atoms with Crippen LogP contribution in [0.5, 0.6) is 0 Å². The lowest BCUT2D eigenvalue weighted by atomic mass is 9.86. The smallest absolute Gasteiger partial charge is 0.220 e. The third-order valence-electron chi connectivity index (χ3n) is 5.47. The summed E-state index contributed by atoms with van der Waals surface area (Å²) < 4.78 is 7.71. The Labute approximate surface area is 150 Å². The summed E-state index contributed by atoms with van der Waals surface area (Å²) in [5.74, 6) is 0.677. The average Bonchev–Trinajstić information content (AvgIpc) is 3.29. The molecule has 0 spiro atoms. The first kappa shape index (κ1) is 18.3. The van der Waals surface area contributed by atoms with Crippen molar-refractivity contribution < 1.29 is 16.1 Å². The number of hydrogen-bond acceptors (Lipinski definition) is 5. The number of aliphatic hydroxyl groups excluding tert-OH is 1. The zero-order chi connectivity index (χ0) is 17.6. The van der Waals surface area contributed by atoms with Gasteiger partial charge in [-0.1, -0.05) is 44.2 Å². The van der Waals surface area contributed by atoms with E-state index in [1.807, 2.05) is 10.9 Å². The number of nitrogens with one attached hydrogen (secondary N) is 1. The van der Waals surface area contributed by atoms with Gasteiger partial charge in [-0.3, -0.25) is 4.79 Å². The molecule has 7 heteroatoms. The van der Waals surface area contributed by atoms with Crippen LogP contribution in [0.4, 0.5) is 0 Å². The second-order valence-corrected chi connectivity index (χ2v) is 7.37. The summed E-state index contributed by atoms with van der Waals surface area (Å²) in [6.07, 6.45) is 10.6. The van der Waals surface area contributed by atoms with E-state index in [-0.39, 0.29) is 32.1 Å². The molecule has 0 unspecified atom stereocenters. The van der Waals surface area contributed by atoms with Crippen molar-refractivity contribution in [1.29, 1.82) is 0 Å². The first-order valence-electron chi connectivity index (χ1n) is 9.62. The minimum atomic E-state index is -0.359. The number of amides is 1. The summed E-state index contributed by atoms with van der Waals surface area (Å²) in [4.78, 5) is 11.6. The molecule has 25 heavy (non-hydrogen) atoms. The van der Waals surface area contributed by atoms with Gasteiger partial charge in [-0.15, -0.1) is 5.10 Å². The molecule has 1 aromatic rings. The number of aromatic nitrogens is 3. The van der Waals surface area contributed by atoms with Crippen molar-refractivity contribution in [2.75, 3.05) is 13.2 Å². The maximum Gasteiger partial charge on any atom is 0.220 e. The van der Waals surface area contributed by atoms with Crippen LogP contribution in [-0.4, -0.2) is 51.4 Å². The highest BCUT2D eigenvalue weighted by Crippen LogP contribution is 2.28. The van der Waals surface area contributed by atoms with Gasteiger partial charge in [0.15, 0.2) is 0 Å². The fourth-order valence-electron chi connectivity index (χ4n) is 3.94. The van der Waals surface area contributed by atoms with E-state index in [0.29, 0.717) is 13.0 Å². The lowest BCUT2D eigenvalue weighted by molar-refractivity contribution is -0.122. The Bertz CT molecular complexity index is 562. The van der Waals surface area contributed by atoms with Gasteiger partial charge in [-0.25, -0.2) is 4.68 Å². The molecule has 2 aliphatic rings.